The van der Waals surface area contributed by atoms with Crippen molar-refractivity contribution in [2.75, 3.05) is 7.11 Å². The molecule has 0 radical (unpaired) electrons. The summed E-state index contributed by atoms with van der Waals surface area (Å²) in [5.74, 6) is -0.777. The van der Waals surface area contributed by atoms with Gasteiger partial charge in [-0.25, -0.2) is 4.79 Å². The van der Waals surface area contributed by atoms with E-state index in [4.69, 9.17) is 9.26 Å². The van der Waals surface area contributed by atoms with Crippen LogP contribution in [-0.4, -0.2) is 24.6 Å². The molecule has 5 nitrogen and oxygen atoms in total. The Morgan fingerprint density at radius 3 is 2.61 bits per heavy atom. The molecule has 0 amide bonds. The van der Waals surface area contributed by atoms with Gasteiger partial charge in [0.2, 0.25) is 0 Å². The summed E-state index contributed by atoms with van der Waals surface area (Å²) in [5, 5.41) is 3.78. The van der Waals surface area contributed by atoms with Gasteiger partial charge in [0.1, 0.15) is 17.0 Å². The van der Waals surface area contributed by atoms with Gasteiger partial charge in [-0.1, -0.05) is 17.3 Å². The third-order valence-corrected chi connectivity index (χ3v) is 3.42. The Morgan fingerprint density at radius 1 is 1.30 bits per heavy atom. The predicted octanol–water partition coefficient (Wildman–Crippen LogP) is 3.90. The van der Waals surface area contributed by atoms with Crippen molar-refractivity contribution in [2.24, 2.45) is 0 Å². The summed E-state index contributed by atoms with van der Waals surface area (Å²) in [6.45, 7) is 0. The topological polar surface area (TPSA) is 61.6 Å². The van der Waals surface area contributed by atoms with Gasteiger partial charge in [0.15, 0.2) is 5.76 Å². The van der Waals surface area contributed by atoms with Crippen LogP contribution < -0.4 is 4.74 Å². The lowest BCUT2D eigenvalue weighted by Crippen LogP contribution is -2.17. The Kier molecular flexibility index (Phi) is 3.75. The first-order valence-corrected chi connectivity index (χ1v) is 6.83. The number of methoxy groups -OCH3 is 1. The number of aromatic nitrogens is 1. The van der Waals surface area contributed by atoms with E-state index < -0.39 is 18.1 Å². The van der Waals surface area contributed by atoms with Gasteiger partial charge in [0, 0.05) is 11.5 Å². The standard InChI is InChI=1S/C15H12F3NO4/c1-21-14(20)11-12(19-23-13(11)8-6-7-8)9-4-2-3-5-10(9)22-15(16,17)18/h2-5,8H,6-7H2,1H3. The number of ether oxygens (including phenoxy) is 2. The van der Waals surface area contributed by atoms with Gasteiger partial charge in [-0.15, -0.1) is 13.2 Å². The molecule has 122 valence electrons. The first-order valence-electron chi connectivity index (χ1n) is 6.83. The number of benzene rings is 1. The van der Waals surface area contributed by atoms with Crippen molar-refractivity contribution in [3.05, 3.63) is 35.6 Å². The van der Waals surface area contributed by atoms with Gasteiger partial charge < -0.3 is 14.0 Å². The van der Waals surface area contributed by atoms with Gasteiger partial charge in [-0.05, 0) is 25.0 Å². The highest BCUT2D eigenvalue weighted by Gasteiger charge is 2.37. The summed E-state index contributed by atoms with van der Waals surface area (Å²) in [7, 11) is 1.19. The van der Waals surface area contributed by atoms with Crippen LogP contribution >= 0.6 is 0 Å². The molecule has 1 fully saturated rings. The number of rotatable bonds is 4. The number of hydrogen-bond acceptors (Lipinski definition) is 5. The van der Waals surface area contributed by atoms with E-state index in [-0.39, 0.29) is 22.7 Å². The fraction of sp³-hybridized carbons (Fsp3) is 0.333. The van der Waals surface area contributed by atoms with Crippen molar-refractivity contribution in [3.8, 4) is 17.0 Å². The number of nitrogens with zero attached hydrogens (tertiary/aromatic N) is 1. The summed E-state index contributed by atoms with van der Waals surface area (Å²) >= 11 is 0. The van der Waals surface area contributed by atoms with E-state index in [9.17, 15) is 18.0 Å². The van der Waals surface area contributed by atoms with Gasteiger partial charge in [-0.2, -0.15) is 0 Å². The molecule has 1 aromatic heterocycles. The quantitative estimate of drug-likeness (QED) is 0.797. The van der Waals surface area contributed by atoms with E-state index in [0.717, 1.165) is 18.9 Å². The number of carbonyl (C=O) groups is 1. The van der Waals surface area contributed by atoms with Crippen LogP contribution in [0.1, 0.15) is 34.9 Å². The van der Waals surface area contributed by atoms with Crippen molar-refractivity contribution in [2.45, 2.75) is 25.1 Å². The predicted molar refractivity (Wildman–Crippen MR) is 71.9 cm³/mol. The highest BCUT2D eigenvalue weighted by atomic mass is 19.4. The highest BCUT2D eigenvalue weighted by Crippen LogP contribution is 2.45. The molecule has 1 saturated carbocycles. The van der Waals surface area contributed by atoms with Gasteiger partial charge in [-0.3, -0.25) is 0 Å². The van der Waals surface area contributed by atoms with E-state index >= 15 is 0 Å². The van der Waals surface area contributed by atoms with Crippen molar-refractivity contribution < 1.29 is 32.0 Å². The summed E-state index contributed by atoms with van der Waals surface area (Å²) < 4.78 is 51.6. The number of alkyl halides is 3. The molecule has 0 saturated heterocycles. The Labute approximate surface area is 129 Å². The number of carbonyl (C=O) groups excluding carboxylic acids is 1. The Balaban J connectivity index is 2.10. The molecule has 1 heterocycles. The van der Waals surface area contributed by atoms with Gasteiger partial charge >= 0.3 is 12.3 Å². The molecule has 1 aliphatic carbocycles. The number of hydrogen-bond donors (Lipinski definition) is 0. The van der Waals surface area contributed by atoms with E-state index in [1.807, 2.05) is 0 Å². The van der Waals surface area contributed by atoms with Crippen LogP contribution in [0.25, 0.3) is 11.3 Å². The average molecular weight is 327 g/mol. The number of esters is 1. The molecule has 0 atom stereocenters. The van der Waals surface area contributed by atoms with E-state index in [1.165, 1.54) is 25.3 Å². The van der Waals surface area contributed by atoms with Crippen LogP contribution in [0, 0.1) is 0 Å². The first kappa shape index (κ1) is 15.4. The van der Waals surface area contributed by atoms with Crippen molar-refractivity contribution >= 4 is 5.97 Å². The van der Waals surface area contributed by atoms with E-state index in [0.29, 0.717) is 5.76 Å². The molecule has 1 aromatic carbocycles. The minimum absolute atomic E-state index is 0.0147. The molecule has 8 heteroatoms. The lowest BCUT2D eigenvalue weighted by Gasteiger charge is -2.12. The highest BCUT2D eigenvalue weighted by molar-refractivity contribution is 5.98. The van der Waals surface area contributed by atoms with Crippen LogP contribution in [0.5, 0.6) is 5.75 Å². The van der Waals surface area contributed by atoms with Gasteiger partial charge in [0.25, 0.3) is 0 Å². The average Bonchev–Trinajstić information content (AvgIpc) is 3.24. The molecule has 0 aliphatic heterocycles. The lowest BCUT2D eigenvalue weighted by molar-refractivity contribution is -0.274. The third kappa shape index (κ3) is 3.15. The smallest absolute Gasteiger partial charge is 0.465 e. The fourth-order valence-electron chi connectivity index (χ4n) is 2.29. The third-order valence-electron chi connectivity index (χ3n) is 3.42. The van der Waals surface area contributed by atoms with Crippen molar-refractivity contribution in [1.29, 1.82) is 0 Å². The van der Waals surface area contributed by atoms with Crippen molar-refractivity contribution in [1.82, 2.24) is 5.16 Å². The molecule has 0 unspecified atom stereocenters. The maximum Gasteiger partial charge on any atom is 0.573 e. The lowest BCUT2D eigenvalue weighted by atomic mass is 10.0. The SMILES string of the molecule is COC(=O)c1c(-c2ccccc2OC(F)(F)F)noc1C1CC1. The molecule has 0 spiro atoms. The second-order valence-electron chi connectivity index (χ2n) is 5.08. The molecule has 2 aromatic rings. The van der Waals surface area contributed by atoms with Crippen LogP contribution in [0.15, 0.2) is 28.8 Å². The Bertz CT molecular complexity index is 735. The maximum absolute atomic E-state index is 12.5. The number of para-hydroxylation sites is 1. The molecular formula is C15H12F3NO4. The zero-order chi connectivity index (χ0) is 16.6. The van der Waals surface area contributed by atoms with Crippen molar-refractivity contribution in [3.63, 3.8) is 0 Å². The summed E-state index contributed by atoms with van der Waals surface area (Å²) in [4.78, 5) is 12.0. The molecule has 3 rings (SSSR count). The molecular weight excluding hydrogens is 315 g/mol. The zero-order valence-corrected chi connectivity index (χ0v) is 12.0. The first-order chi connectivity index (χ1) is 10.9. The maximum atomic E-state index is 12.5. The van der Waals surface area contributed by atoms with Crippen LogP contribution in [0.2, 0.25) is 0 Å². The minimum Gasteiger partial charge on any atom is -0.465 e. The molecule has 23 heavy (non-hydrogen) atoms. The van der Waals surface area contributed by atoms with Crippen LogP contribution in [0.4, 0.5) is 13.2 Å². The minimum atomic E-state index is -4.86. The number of halogens is 3. The molecule has 1 aliphatic rings. The molecule has 0 N–H and O–H groups in total. The summed E-state index contributed by atoms with van der Waals surface area (Å²) in [5.41, 5.74) is 0.0488. The Hall–Kier alpha value is -2.51. The van der Waals surface area contributed by atoms with E-state index in [1.54, 1.807) is 0 Å². The fourth-order valence-corrected chi connectivity index (χ4v) is 2.29. The molecule has 0 bridgehead atoms. The second kappa shape index (κ2) is 5.60. The van der Waals surface area contributed by atoms with Crippen LogP contribution in [0.3, 0.4) is 0 Å². The summed E-state index contributed by atoms with van der Waals surface area (Å²) in [6, 6.07) is 5.44. The monoisotopic (exact) mass is 327 g/mol. The van der Waals surface area contributed by atoms with Crippen LogP contribution in [-0.2, 0) is 4.74 Å². The van der Waals surface area contributed by atoms with Gasteiger partial charge in [0.05, 0.1) is 7.11 Å². The second-order valence-corrected chi connectivity index (χ2v) is 5.08. The summed E-state index contributed by atoms with van der Waals surface area (Å²) in [6.07, 6.45) is -3.19. The van der Waals surface area contributed by atoms with E-state index in [2.05, 4.69) is 9.89 Å². The normalized spacial score (nSPS) is 14.6. The largest absolute Gasteiger partial charge is 0.573 e. The zero-order valence-electron chi connectivity index (χ0n) is 12.0. The Morgan fingerprint density at radius 2 is 2.00 bits per heavy atom.